The molecule has 0 aliphatic heterocycles. The lowest BCUT2D eigenvalue weighted by molar-refractivity contribution is -0.111. The van der Waals surface area contributed by atoms with E-state index in [2.05, 4.69) is 0 Å². The fourth-order valence-electron chi connectivity index (χ4n) is 0.924. The van der Waals surface area contributed by atoms with Crippen LogP contribution in [0.5, 0.6) is 0 Å². The Labute approximate surface area is 80.4 Å². The maximum atomic E-state index is 11.4. The maximum absolute atomic E-state index is 11.4. The third-order valence-electron chi connectivity index (χ3n) is 1.73. The quantitative estimate of drug-likeness (QED) is 0.725. The second-order valence-corrected chi connectivity index (χ2v) is 4.27. The van der Waals surface area contributed by atoms with Crippen LogP contribution in [0.1, 0.15) is 18.9 Å². The van der Waals surface area contributed by atoms with E-state index in [4.69, 9.17) is 0 Å². The lowest BCUT2D eigenvalue weighted by Crippen LogP contribution is -2.05. The van der Waals surface area contributed by atoms with Crippen LogP contribution in [0.15, 0.2) is 29.2 Å². The molecule has 1 aromatic rings. The first-order valence-corrected chi connectivity index (χ1v) is 5.31. The molecule has 0 saturated heterocycles. The number of aryl methyl sites for hydroxylation is 1. The van der Waals surface area contributed by atoms with Crippen LogP contribution in [0.2, 0.25) is 0 Å². The second-order valence-electron chi connectivity index (χ2n) is 2.81. The Balaban J connectivity index is 2.90. The molecule has 1 aromatic carbocycles. The van der Waals surface area contributed by atoms with Gasteiger partial charge in [0.15, 0.2) is 0 Å². The zero-order chi connectivity index (χ0) is 9.84. The van der Waals surface area contributed by atoms with Crippen molar-refractivity contribution in [2.24, 2.45) is 0 Å². The van der Waals surface area contributed by atoms with Crippen molar-refractivity contribution in [3.8, 4) is 0 Å². The molecule has 1 rings (SSSR count). The number of rotatable bonds is 2. The SMILES string of the molecule is CCC(=O)S(=O)c1ccc(C)cc1. The summed E-state index contributed by atoms with van der Waals surface area (Å²) in [6.07, 6.45) is 0.320. The Morgan fingerprint density at radius 1 is 1.31 bits per heavy atom. The summed E-state index contributed by atoms with van der Waals surface area (Å²) in [4.78, 5) is 11.7. The van der Waals surface area contributed by atoms with E-state index >= 15 is 0 Å². The minimum Gasteiger partial charge on any atom is -0.284 e. The zero-order valence-electron chi connectivity index (χ0n) is 7.74. The van der Waals surface area contributed by atoms with Gasteiger partial charge in [0.1, 0.15) is 10.8 Å². The average Bonchev–Trinajstić information content (AvgIpc) is 2.17. The Hall–Kier alpha value is -0.960. The topological polar surface area (TPSA) is 34.1 Å². The van der Waals surface area contributed by atoms with Crippen LogP contribution in [0, 0.1) is 6.92 Å². The molecule has 0 radical (unpaired) electrons. The molecule has 0 spiro atoms. The van der Waals surface area contributed by atoms with Gasteiger partial charge in [0, 0.05) is 11.3 Å². The van der Waals surface area contributed by atoms with Crippen LogP contribution in [-0.2, 0) is 15.6 Å². The molecule has 70 valence electrons. The van der Waals surface area contributed by atoms with Crippen LogP contribution < -0.4 is 0 Å². The van der Waals surface area contributed by atoms with Crippen molar-refractivity contribution < 1.29 is 9.00 Å². The lowest BCUT2D eigenvalue weighted by atomic mass is 10.2. The normalized spacial score (nSPS) is 12.5. The zero-order valence-corrected chi connectivity index (χ0v) is 8.56. The second kappa shape index (κ2) is 4.33. The molecule has 1 unspecified atom stereocenters. The third-order valence-corrected chi connectivity index (χ3v) is 3.13. The molecule has 0 bridgehead atoms. The van der Waals surface area contributed by atoms with Gasteiger partial charge in [0.05, 0.1) is 0 Å². The first kappa shape index (κ1) is 10.1. The van der Waals surface area contributed by atoms with Crippen LogP contribution in [0.4, 0.5) is 0 Å². The van der Waals surface area contributed by atoms with Crippen molar-refractivity contribution in [2.45, 2.75) is 25.2 Å². The Bertz CT molecular complexity index is 327. The fourth-order valence-corrected chi connectivity index (χ4v) is 1.83. The van der Waals surface area contributed by atoms with Gasteiger partial charge in [-0.15, -0.1) is 0 Å². The number of hydrogen-bond acceptors (Lipinski definition) is 2. The summed E-state index contributed by atoms with van der Waals surface area (Å²) in [5, 5.41) is -0.219. The molecule has 0 aliphatic carbocycles. The highest BCUT2D eigenvalue weighted by Crippen LogP contribution is 2.09. The molecule has 0 heterocycles. The molecule has 0 fully saturated rings. The van der Waals surface area contributed by atoms with Gasteiger partial charge in [-0.2, -0.15) is 0 Å². The van der Waals surface area contributed by atoms with Gasteiger partial charge in [-0.25, -0.2) is 4.21 Å². The van der Waals surface area contributed by atoms with Crippen LogP contribution >= 0.6 is 0 Å². The summed E-state index contributed by atoms with van der Waals surface area (Å²) in [5.74, 6) is 0. The maximum Gasteiger partial charge on any atom is 0.223 e. The highest BCUT2D eigenvalue weighted by Gasteiger charge is 2.10. The summed E-state index contributed by atoms with van der Waals surface area (Å²) in [5.41, 5.74) is 1.10. The highest BCUT2D eigenvalue weighted by molar-refractivity contribution is 8.00. The van der Waals surface area contributed by atoms with Crippen molar-refractivity contribution in [1.29, 1.82) is 0 Å². The summed E-state index contributed by atoms with van der Waals surface area (Å²) >= 11 is 0. The van der Waals surface area contributed by atoms with Crippen molar-refractivity contribution in [3.05, 3.63) is 29.8 Å². The first-order chi connectivity index (χ1) is 6.15. The summed E-state index contributed by atoms with van der Waals surface area (Å²) in [7, 11) is -1.48. The molecule has 0 saturated carbocycles. The molecule has 13 heavy (non-hydrogen) atoms. The standard InChI is InChI=1S/C10H12O2S/c1-3-10(11)13(12)9-6-4-8(2)5-7-9/h4-7H,3H2,1-2H3. The molecule has 0 amide bonds. The Morgan fingerprint density at radius 3 is 2.31 bits per heavy atom. The van der Waals surface area contributed by atoms with Gasteiger partial charge >= 0.3 is 0 Å². The van der Waals surface area contributed by atoms with Crippen molar-refractivity contribution in [1.82, 2.24) is 0 Å². The van der Waals surface area contributed by atoms with Crippen LogP contribution in [-0.4, -0.2) is 9.32 Å². The van der Waals surface area contributed by atoms with Gasteiger partial charge < -0.3 is 0 Å². The van der Waals surface area contributed by atoms with E-state index in [1.165, 1.54) is 0 Å². The fraction of sp³-hybridized carbons (Fsp3) is 0.300. The minimum atomic E-state index is -1.48. The Kier molecular flexibility index (Phi) is 3.37. The van der Waals surface area contributed by atoms with Crippen LogP contribution in [0.3, 0.4) is 0 Å². The number of benzene rings is 1. The van der Waals surface area contributed by atoms with E-state index < -0.39 is 10.8 Å². The van der Waals surface area contributed by atoms with Gasteiger partial charge in [-0.3, -0.25) is 4.79 Å². The molecule has 0 aliphatic rings. The smallest absolute Gasteiger partial charge is 0.223 e. The predicted octanol–water partition coefficient (Wildman–Crippen LogP) is 2.04. The van der Waals surface area contributed by atoms with Crippen molar-refractivity contribution in [2.75, 3.05) is 0 Å². The molecule has 0 N–H and O–H groups in total. The van der Waals surface area contributed by atoms with E-state index in [1.54, 1.807) is 19.1 Å². The number of carbonyl (C=O) groups is 1. The molecule has 2 nitrogen and oxygen atoms in total. The average molecular weight is 196 g/mol. The molecule has 0 aromatic heterocycles. The summed E-state index contributed by atoms with van der Waals surface area (Å²) in [6, 6.07) is 7.18. The van der Waals surface area contributed by atoms with Crippen molar-refractivity contribution in [3.63, 3.8) is 0 Å². The predicted molar refractivity (Wildman–Crippen MR) is 52.9 cm³/mol. The van der Waals surface area contributed by atoms with Crippen molar-refractivity contribution >= 4 is 15.9 Å². The molecule has 3 heteroatoms. The molecule has 1 atom stereocenters. The molecular weight excluding hydrogens is 184 g/mol. The van der Waals surface area contributed by atoms with Gasteiger partial charge in [-0.1, -0.05) is 24.6 Å². The van der Waals surface area contributed by atoms with Gasteiger partial charge in [-0.05, 0) is 19.1 Å². The van der Waals surface area contributed by atoms with E-state index in [9.17, 15) is 9.00 Å². The van der Waals surface area contributed by atoms with E-state index in [0.717, 1.165) is 5.56 Å². The summed E-state index contributed by atoms with van der Waals surface area (Å²) in [6.45, 7) is 3.67. The third kappa shape index (κ3) is 2.49. The van der Waals surface area contributed by atoms with Gasteiger partial charge in [0.2, 0.25) is 5.12 Å². The number of hydrogen-bond donors (Lipinski definition) is 0. The Morgan fingerprint density at radius 2 is 1.85 bits per heavy atom. The molecular formula is C10H12O2S. The summed E-state index contributed by atoms with van der Waals surface area (Å²) < 4.78 is 11.4. The number of carbonyl (C=O) groups excluding carboxylic acids is 1. The van der Waals surface area contributed by atoms with E-state index in [1.807, 2.05) is 19.1 Å². The van der Waals surface area contributed by atoms with Crippen LogP contribution in [0.25, 0.3) is 0 Å². The van der Waals surface area contributed by atoms with E-state index in [-0.39, 0.29) is 5.12 Å². The monoisotopic (exact) mass is 196 g/mol. The minimum absolute atomic E-state index is 0.219. The largest absolute Gasteiger partial charge is 0.284 e. The highest BCUT2D eigenvalue weighted by atomic mass is 32.2. The van der Waals surface area contributed by atoms with Gasteiger partial charge in [0.25, 0.3) is 0 Å². The lowest BCUT2D eigenvalue weighted by Gasteiger charge is -1.99. The first-order valence-electron chi connectivity index (χ1n) is 4.16. The van der Waals surface area contributed by atoms with E-state index in [0.29, 0.717) is 11.3 Å².